The van der Waals surface area contributed by atoms with Gasteiger partial charge in [0.2, 0.25) is 0 Å². The standard InChI is InChI=1S/C36H30N4Si2/c1-39-34-20-33-31(19-29(34)24-11-15-27(16-12-24)42(6,7)8)30-18-28(23-9-13-26(14-10-23)41(3,4)5)25(21-37)17-32(30)36(33)35(22-38)40-2/h9-20H,3-8H3/b36-35-. The van der Waals surface area contributed by atoms with Gasteiger partial charge in [0.1, 0.15) is 0 Å². The first kappa shape index (κ1) is 28.5. The van der Waals surface area contributed by atoms with Gasteiger partial charge in [-0.1, -0.05) is 104 Å². The third kappa shape index (κ3) is 4.89. The fourth-order valence-corrected chi connectivity index (χ4v) is 7.87. The lowest BCUT2D eigenvalue weighted by Gasteiger charge is -2.17. The number of rotatable bonds is 4. The first-order valence-corrected chi connectivity index (χ1v) is 20.8. The van der Waals surface area contributed by atoms with Crippen LogP contribution >= 0.6 is 0 Å². The second-order valence-corrected chi connectivity index (χ2v) is 22.8. The van der Waals surface area contributed by atoms with Gasteiger partial charge in [-0.15, -0.1) is 0 Å². The highest BCUT2D eigenvalue weighted by Gasteiger charge is 2.30. The fraction of sp³-hybridized carbons (Fsp3) is 0.167. The van der Waals surface area contributed by atoms with E-state index in [0.29, 0.717) is 28.0 Å². The van der Waals surface area contributed by atoms with E-state index >= 15 is 0 Å². The number of nitrogens with zero attached hydrogens (tertiary/aromatic N) is 4. The number of hydrogen-bond donors (Lipinski definition) is 0. The first-order chi connectivity index (χ1) is 19.9. The van der Waals surface area contributed by atoms with Gasteiger partial charge in [0.05, 0.1) is 47.0 Å². The van der Waals surface area contributed by atoms with Gasteiger partial charge in [-0.2, -0.15) is 5.26 Å². The molecule has 0 N–H and O–H groups in total. The maximum atomic E-state index is 10.2. The van der Waals surface area contributed by atoms with Crippen LogP contribution in [-0.4, -0.2) is 16.1 Å². The molecule has 1 aliphatic carbocycles. The molecule has 0 amide bonds. The molecule has 0 unspecified atom stereocenters. The van der Waals surface area contributed by atoms with Crippen molar-refractivity contribution in [3.05, 3.63) is 118 Å². The van der Waals surface area contributed by atoms with Crippen LogP contribution in [0, 0.1) is 35.8 Å². The van der Waals surface area contributed by atoms with Crippen molar-refractivity contribution in [3.63, 3.8) is 0 Å². The number of fused-ring (bicyclic) bond motifs is 3. The monoisotopic (exact) mass is 574 g/mol. The van der Waals surface area contributed by atoms with Crippen LogP contribution in [-0.2, 0) is 0 Å². The van der Waals surface area contributed by atoms with Gasteiger partial charge < -0.3 is 0 Å². The molecule has 0 heterocycles. The van der Waals surface area contributed by atoms with Crippen molar-refractivity contribution in [2.45, 2.75) is 39.3 Å². The summed E-state index contributed by atoms with van der Waals surface area (Å²) < 4.78 is 0. The Balaban J connectivity index is 1.78. The van der Waals surface area contributed by atoms with Crippen molar-refractivity contribution >= 4 is 37.8 Å². The highest BCUT2D eigenvalue weighted by molar-refractivity contribution is 6.89. The molecule has 0 aliphatic heterocycles. The quantitative estimate of drug-likeness (QED) is 0.122. The van der Waals surface area contributed by atoms with Crippen LogP contribution in [0.1, 0.15) is 16.7 Å². The number of hydrogen-bond acceptors (Lipinski definition) is 2. The zero-order chi connectivity index (χ0) is 30.4. The summed E-state index contributed by atoms with van der Waals surface area (Å²) in [6.07, 6.45) is 0. The van der Waals surface area contributed by atoms with Crippen LogP contribution in [0.3, 0.4) is 0 Å². The average molecular weight is 575 g/mol. The summed E-state index contributed by atoms with van der Waals surface area (Å²) in [7, 11) is -2.97. The molecule has 42 heavy (non-hydrogen) atoms. The summed E-state index contributed by atoms with van der Waals surface area (Å²) in [5.41, 5.74) is 7.97. The second-order valence-electron chi connectivity index (χ2n) is 12.7. The van der Waals surface area contributed by atoms with Crippen LogP contribution in [0.25, 0.3) is 48.6 Å². The van der Waals surface area contributed by atoms with E-state index in [4.69, 9.17) is 13.1 Å². The lowest BCUT2D eigenvalue weighted by Crippen LogP contribution is -2.37. The smallest absolute Gasteiger partial charge is 0.237 e. The Kier molecular flexibility index (Phi) is 7.10. The average Bonchev–Trinajstić information content (AvgIpc) is 3.28. The van der Waals surface area contributed by atoms with Crippen LogP contribution in [0.2, 0.25) is 39.3 Å². The predicted molar refractivity (Wildman–Crippen MR) is 178 cm³/mol. The van der Waals surface area contributed by atoms with E-state index in [0.717, 1.165) is 33.4 Å². The van der Waals surface area contributed by atoms with Crippen molar-refractivity contribution in [1.82, 2.24) is 0 Å². The Morgan fingerprint density at radius 1 is 0.619 bits per heavy atom. The van der Waals surface area contributed by atoms with Gasteiger partial charge in [-0.3, -0.25) is 0 Å². The molecule has 0 aromatic heterocycles. The molecule has 6 heteroatoms. The van der Waals surface area contributed by atoms with Crippen LogP contribution in [0.15, 0.2) is 78.5 Å². The minimum absolute atomic E-state index is 0.0469. The Labute approximate surface area is 250 Å². The minimum atomic E-state index is -1.49. The summed E-state index contributed by atoms with van der Waals surface area (Å²) in [6.45, 7) is 29.6. The predicted octanol–water partition coefficient (Wildman–Crippen LogP) is 8.72. The van der Waals surface area contributed by atoms with Crippen molar-refractivity contribution in [3.8, 4) is 45.5 Å². The van der Waals surface area contributed by atoms with Gasteiger partial charge in [0.15, 0.2) is 5.69 Å². The Morgan fingerprint density at radius 2 is 1.10 bits per heavy atom. The summed E-state index contributed by atoms with van der Waals surface area (Å²) in [5.74, 6) is 0. The molecule has 4 aromatic carbocycles. The molecule has 0 atom stereocenters. The third-order valence-electron chi connectivity index (χ3n) is 7.94. The van der Waals surface area contributed by atoms with Crippen molar-refractivity contribution < 1.29 is 0 Å². The van der Waals surface area contributed by atoms with Crippen LogP contribution < -0.4 is 10.4 Å². The summed E-state index contributed by atoms with van der Waals surface area (Å²) >= 11 is 0. The molecular formula is C36H30N4Si2. The van der Waals surface area contributed by atoms with Gasteiger partial charge in [-0.25, -0.2) is 15.0 Å². The molecule has 0 saturated heterocycles. The molecule has 202 valence electrons. The third-order valence-corrected chi connectivity index (χ3v) is 12.1. The van der Waals surface area contributed by atoms with E-state index in [9.17, 15) is 10.5 Å². The van der Waals surface area contributed by atoms with E-state index in [1.807, 2.05) is 12.1 Å². The second kappa shape index (κ2) is 10.4. The fourth-order valence-electron chi connectivity index (χ4n) is 5.54. The maximum Gasteiger partial charge on any atom is 0.270 e. The molecule has 1 aliphatic rings. The summed E-state index contributed by atoms with van der Waals surface area (Å²) in [5, 5.41) is 22.8. The van der Waals surface area contributed by atoms with Crippen LogP contribution in [0.4, 0.5) is 5.69 Å². The summed E-state index contributed by atoms with van der Waals surface area (Å²) in [4.78, 5) is 7.40. The lowest BCUT2D eigenvalue weighted by atomic mass is 9.92. The Bertz CT molecular complexity index is 1820. The van der Waals surface area contributed by atoms with E-state index in [-0.39, 0.29) is 5.70 Å². The molecule has 5 rings (SSSR count). The molecule has 0 saturated carbocycles. The SMILES string of the molecule is [C-]#[N+]/C(C#N)=C1/c2cc(C#N)c(-c3ccc([Si](C)(C)C)cc3)cc2-c2cc(-c3ccc([Si](C)(C)C)cc3)c([N+]#[C-])cc21. The molecular weight excluding hydrogens is 545 g/mol. The van der Waals surface area contributed by atoms with Gasteiger partial charge in [0, 0.05) is 11.1 Å². The largest absolute Gasteiger partial charge is 0.270 e. The van der Waals surface area contributed by atoms with Gasteiger partial charge >= 0.3 is 0 Å². The molecule has 0 fully saturated rings. The lowest BCUT2D eigenvalue weighted by molar-refractivity contribution is 1.46. The first-order valence-electron chi connectivity index (χ1n) is 13.8. The molecule has 0 spiro atoms. The van der Waals surface area contributed by atoms with E-state index < -0.39 is 16.1 Å². The normalized spacial score (nSPS) is 13.2. The maximum absolute atomic E-state index is 10.2. The summed E-state index contributed by atoms with van der Waals surface area (Å²) in [6, 6.07) is 29.0. The topological polar surface area (TPSA) is 56.3 Å². The zero-order valence-corrected chi connectivity index (χ0v) is 26.7. The molecule has 0 bridgehead atoms. The highest BCUT2D eigenvalue weighted by atomic mass is 28.3. The Hall–Kier alpha value is -4.99. The Morgan fingerprint density at radius 3 is 1.52 bits per heavy atom. The molecule has 4 nitrogen and oxygen atoms in total. The van der Waals surface area contributed by atoms with Crippen molar-refractivity contribution in [1.29, 1.82) is 10.5 Å². The number of nitriles is 2. The van der Waals surface area contributed by atoms with Gasteiger partial charge in [0.25, 0.3) is 5.70 Å². The van der Waals surface area contributed by atoms with Crippen molar-refractivity contribution in [2.75, 3.05) is 0 Å². The van der Waals surface area contributed by atoms with Gasteiger partial charge in [-0.05, 0) is 57.1 Å². The van der Waals surface area contributed by atoms with E-state index in [2.05, 4.69) is 110 Å². The van der Waals surface area contributed by atoms with Crippen molar-refractivity contribution in [2.24, 2.45) is 0 Å². The number of allylic oxidation sites excluding steroid dienone is 1. The van der Waals surface area contributed by atoms with E-state index in [1.165, 1.54) is 10.4 Å². The number of benzene rings is 4. The van der Waals surface area contributed by atoms with Crippen LogP contribution in [0.5, 0.6) is 0 Å². The van der Waals surface area contributed by atoms with E-state index in [1.54, 1.807) is 12.1 Å². The minimum Gasteiger partial charge on any atom is -0.237 e. The molecule has 4 aromatic rings. The highest BCUT2D eigenvalue weighted by Crippen LogP contribution is 2.51. The molecule has 0 radical (unpaired) electrons. The zero-order valence-electron chi connectivity index (χ0n) is 24.7.